The lowest BCUT2D eigenvalue weighted by molar-refractivity contribution is -0.143. The zero-order chi connectivity index (χ0) is 18.2. The maximum atomic E-state index is 12.1. The van der Waals surface area contributed by atoms with Crippen molar-refractivity contribution in [2.75, 3.05) is 7.11 Å². The third-order valence-corrected chi connectivity index (χ3v) is 3.98. The molecule has 0 aliphatic carbocycles. The van der Waals surface area contributed by atoms with E-state index in [0.717, 1.165) is 22.6 Å². The van der Waals surface area contributed by atoms with Gasteiger partial charge in [0.25, 0.3) is 0 Å². The Balaban J connectivity index is 1.63. The summed E-state index contributed by atoms with van der Waals surface area (Å²) in [6.07, 6.45) is 0. The van der Waals surface area contributed by atoms with E-state index >= 15 is 0 Å². The first kappa shape index (κ1) is 17.7. The number of carbonyl (C=O) groups excluding carboxylic acids is 1. The number of para-hydroxylation sites is 1. The Labute approximate surface area is 153 Å². The monoisotopic (exact) mass is 347 g/mol. The summed E-state index contributed by atoms with van der Waals surface area (Å²) in [4.78, 5) is 12.1. The quantitative estimate of drug-likeness (QED) is 0.640. The third kappa shape index (κ3) is 4.71. The van der Waals surface area contributed by atoms with Crippen LogP contribution in [0.5, 0.6) is 11.5 Å². The molecule has 0 saturated heterocycles. The topological polar surface area (TPSA) is 47.6 Å². The number of hydrogen-bond donors (Lipinski definition) is 1. The van der Waals surface area contributed by atoms with E-state index in [-0.39, 0.29) is 5.97 Å². The molecule has 1 atom stereocenters. The molecule has 26 heavy (non-hydrogen) atoms. The lowest BCUT2D eigenvalue weighted by Crippen LogP contribution is -2.29. The van der Waals surface area contributed by atoms with Gasteiger partial charge in [0, 0.05) is 6.54 Å². The Bertz CT molecular complexity index is 817. The van der Waals surface area contributed by atoms with Gasteiger partial charge in [0.15, 0.2) is 0 Å². The molecule has 1 N–H and O–H groups in total. The van der Waals surface area contributed by atoms with Gasteiger partial charge in [0.1, 0.15) is 17.5 Å². The molecule has 0 radical (unpaired) electrons. The van der Waals surface area contributed by atoms with Gasteiger partial charge in [0.05, 0.1) is 7.11 Å². The van der Waals surface area contributed by atoms with Crippen molar-refractivity contribution in [3.63, 3.8) is 0 Å². The van der Waals surface area contributed by atoms with E-state index in [2.05, 4.69) is 5.32 Å². The Hall–Kier alpha value is -3.11. The van der Waals surface area contributed by atoms with Gasteiger partial charge in [-0.25, -0.2) is 4.79 Å². The summed E-state index contributed by atoms with van der Waals surface area (Å²) in [6, 6.07) is 26.5. The standard InChI is InChI=1S/C22H21NO3/c1-25-22(24)21(18-8-4-2-5-9-18)23-16-17-12-14-20(15-13-17)26-19-10-6-3-7-11-19/h2-15,21,23H,16H2,1H3. The molecule has 0 bridgehead atoms. The van der Waals surface area contributed by atoms with Gasteiger partial charge in [0.2, 0.25) is 0 Å². The summed E-state index contributed by atoms with van der Waals surface area (Å²) < 4.78 is 10.7. The summed E-state index contributed by atoms with van der Waals surface area (Å²) in [7, 11) is 1.40. The summed E-state index contributed by atoms with van der Waals surface area (Å²) in [5.74, 6) is 1.26. The maximum absolute atomic E-state index is 12.1. The molecule has 0 heterocycles. The first-order valence-electron chi connectivity index (χ1n) is 8.44. The fraction of sp³-hybridized carbons (Fsp3) is 0.136. The Morgan fingerprint density at radius 1 is 0.846 bits per heavy atom. The average Bonchev–Trinajstić information content (AvgIpc) is 2.71. The van der Waals surface area contributed by atoms with E-state index in [1.54, 1.807) is 0 Å². The second-order valence-corrected chi connectivity index (χ2v) is 5.81. The minimum absolute atomic E-state index is 0.305. The number of rotatable bonds is 7. The van der Waals surface area contributed by atoms with E-state index in [1.807, 2.05) is 84.9 Å². The molecule has 3 rings (SSSR count). The normalized spacial score (nSPS) is 11.6. The van der Waals surface area contributed by atoms with Crippen molar-refractivity contribution in [1.82, 2.24) is 5.32 Å². The lowest BCUT2D eigenvalue weighted by atomic mass is 10.1. The first-order chi connectivity index (χ1) is 12.8. The van der Waals surface area contributed by atoms with Crippen LogP contribution in [0, 0.1) is 0 Å². The molecule has 1 unspecified atom stereocenters. The number of benzene rings is 3. The zero-order valence-corrected chi connectivity index (χ0v) is 14.6. The smallest absolute Gasteiger partial charge is 0.327 e. The van der Waals surface area contributed by atoms with Crippen LogP contribution in [0.2, 0.25) is 0 Å². The van der Waals surface area contributed by atoms with Crippen LogP contribution in [0.4, 0.5) is 0 Å². The number of hydrogen-bond acceptors (Lipinski definition) is 4. The predicted octanol–water partition coefficient (Wildman–Crippen LogP) is 4.48. The molecule has 3 aromatic rings. The summed E-state index contributed by atoms with van der Waals surface area (Å²) in [5.41, 5.74) is 1.93. The van der Waals surface area contributed by atoms with Crippen molar-refractivity contribution < 1.29 is 14.3 Å². The predicted molar refractivity (Wildman–Crippen MR) is 101 cm³/mol. The van der Waals surface area contributed by atoms with E-state index < -0.39 is 6.04 Å². The van der Waals surface area contributed by atoms with Crippen molar-refractivity contribution in [2.45, 2.75) is 12.6 Å². The molecule has 0 spiro atoms. The van der Waals surface area contributed by atoms with Gasteiger partial charge in [-0.05, 0) is 35.4 Å². The number of ether oxygens (including phenoxy) is 2. The van der Waals surface area contributed by atoms with Gasteiger partial charge in [-0.1, -0.05) is 60.7 Å². The van der Waals surface area contributed by atoms with Crippen molar-refractivity contribution in [2.24, 2.45) is 0 Å². The molecular weight excluding hydrogens is 326 g/mol. The summed E-state index contributed by atoms with van der Waals surface area (Å²) >= 11 is 0. The highest BCUT2D eigenvalue weighted by molar-refractivity contribution is 5.77. The molecule has 0 aliphatic rings. The van der Waals surface area contributed by atoms with E-state index in [9.17, 15) is 4.79 Å². The van der Waals surface area contributed by atoms with Crippen molar-refractivity contribution >= 4 is 5.97 Å². The van der Waals surface area contributed by atoms with Crippen molar-refractivity contribution in [3.05, 3.63) is 96.1 Å². The highest BCUT2D eigenvalue weighted by Gasteiger charge is 2.20. The molecule has 0 fully saturated rings. The number of nitrogens with one attached hydrogen (secondary N) is 1. The maximum Gasteiger partial charge on any atom is 0.327 e. The average molecular weight is 347 g/mol. The molecule has 4 nitrogen and oxygen atoms in total. The van der Waals surface area contributed by atoms with Crippen LogP contribution in [0.15, 0.2) is 84.9 Å². The molecule has 0 amide bonds. The fourth-order valence-electron chi connectivity index (χ4n) is 2.62. The lowest BCUT2D eigenvalue weighted by Gasteiger charge is -2.17. The molecule has 3 aromatic carbocycles. The number of carbonyl (C=O) groups is 1. The van der Waals surface area contributed by atoms with Gasteiger partial charge < -0.3 is 9.47 Å². The van der Waals surface area contributed by atoms with Gasteiger partial charge in [-0.15, -0.1) is 0 Å². The van der Waals surface area contributed by atoms with Crippen LogP contribution in [-0.4, -0.2) is 13.1 Å². The molecular formula is C22H21NO3. The van der Waals surface area contributed by atoms with Crippen molar-refractivity contribution in [3.8, 4) is 11.5 Å². The van der Waals surface area contributed by atoms with Gasteiger partial charge >= 0.3 is 5.97 Å². The molecule has 0 aliphatic heterocycles. The fourth-order valence-corrected chi connectivity index (χ4v) is 2.62. The van der Waals surface area contributed by atoms with E-state index in [4.69, 9.17) is 9.47 Å². The van der Waals surface area contributed by atoms with Crippen LogP contribution >= 0.6 is 0 Å². The Morgan fingerprint density at radius 3 is 2.04 bits per heavy atom. The Morgan fingerprint density at radius 2 is 1.42 bits per heavy atom. The number of esters is 1. The minimum Gasteiger partial charge on any atom is -0.468 e. The summed E-state index contributed by atoms with van der Waals surface area (Å²) in [6.45, 7) is 0.542. The molecule has 0 saturated carbocycles. The number of methoxy groups -OCH3 is 1. The highest BCUT2D eigenvalue weighted by Crippen LogP contribution is 2.21. The molecule has 132 valence electrons. The van der Waals surface area contributed by atoms with Crippen LogP contribution in [0.1, 0.15) is 17.2 Å². The second-order valence-electron chi connectivity index (χ2n) is 5.81. The first-order valence-corrected chi connectivity index (χ1v) is 8.44. The second kappa shape index (κ2) is 8.83. The highest BCUT2D eigenvalue weighted by atomic mass is 16.5. The van der Waals surface area contributed by atoms with Gasteiger partial charge in [-0.2, -0.15) is 0 Å². The third-order valence-electron chi connectivity index (χ3n) is 3.98. The van der Waals surface area contributed by atoms with Crippen LogP contribution in [-0.2, 0) is 16.1 Å². The zero-order valence-electron chi connectivity index (χ0n) is 14.6. The van der Waals surface area contributed by atoms with Crippen LogP contribution in [0.3, 0.4) is 0 Å². The minimum atomic E-state index is -0.499. The van der Waals surface area contributed by atoms with Gasteiger partial charge in [-0.3, -0.25) is 5.32 Å². The van der Waals surface area contributed by atoms with Crippen LogP contribution < -0.4 is 10.1 Å². The van der Waals surface area contributed by atoms with Crippen LogP contribution in [0.25, 0.3) is 0 Å². The Kier molecular flexibility index (Phi) is 6.01. The molecule has 4 heteroatoms. The van der Waals surface area contributed by atoms with E-state index in [1.165, 1.54) is 7.11 Å². The van der Waals surface area contributed by atoms with Crippen molar-refractivity contribution in [1.29, 1.82) is 0 Å². The SMILES string of the molecule is COC(=O)C(NCc1ccc(Oc2ccccc2)cc1)c1ccccc1. The van der Waals surface area contributed by atoms with E-state index in [0.29, 0.717) is 6.54 Å². The summed E-state index contributed by atoms with van der Waals surface area (Å²) in [5, 5.41) is 3.26. The largest absolute Gasteiger partial charge is 0.468 e. The molecule has 0 aromatic heterocycles.